The molecule has 1 N–H and O–H groups in total. The Morgan fingerprint density at radius 2 is 1.96 bits per heavy atom. The number of furan rings is 1. The van der Waals surface area contributed by atoms with E-state index in [1.54, 1.807) is 6.07 Å². The van der Waals surface area contributed by atoms with Gasteiger partial charge in [0, 0.05) is 25.2 Å². The summed E-state index contributed by atoms with van der Waals surface area (Å²) in [6, 6.07) is 11.0. The number of carbonyl (C=O) groups is 1. The molecule has 2 heterocycles. The number of benzene rings is 1. The fraction of sp³-hybridized carbons (Fsp3) is 0.421. The number of nitrogens with zero attached hydrogens (tertiary/aromatic N) is 1. The van der Waals surface area contributed by atoms with Crippen LogP contribution in [0, 0.1) is 6.92 Å². The van der Waals surface area contributed by atoms with Gasteiger partial charge in [-0.15, -0.1) is 0 Å². The molecule has 0 aliphatic carbocycles. The van der Waals surface area contributed by atoms with Crippen molar-refractivity contribution in [1.29, 1.82) is 0 Å². The van der Waals surface area contributed by atoms with Crippen LogP contribution in [0.1, 0.15) is 40.4 Å². The number of sulfone groups is 1. The number of nitrogens with one attached hydrogen (secondary N) is 1. The molecule has 6 nitrogen and oxygen atoms in total. The summed E-state index contributed by atoms with van der Waals surface area (Å²) in [4.78, 5) is 14.6. The SMILES string of the molecule is Cc1ccc([C@@H](C)NC(=O)c2cccc(CN3CCS(=O)(=O)CC3)c2)o1. The highest BCUT2D eigenvalue weighted by molar-refractivity contribution is 7.91. The number of rotatable bonds is 5. The zero-order chi connectivity index (χ0) is 18.7. The first-order valence-electron chi connectivity index (χ1n) is 8.71. The van der Waals surface area contributed by atoms with E-state index in [9.17, 15) is 13.2 Å². The second-order valence-corrected chi connectivity index (χ2v) is 9.08. The van der Waals surface area contributed by atoms with Crippen molar-refractivity contribution in [2.75, 3.05) is 24.6 Å². The van der Waals surface area contributed by atoms with E-state index in [1.165, 1.54) is 0 Å². The Morgan fingerprint density at radius 1 is 1.23 bits per heavy atom. The molecule has 1 aromatic carbocycles. The lowest BCUT2D eigenvalue weighted by Gasteiger charge is -2.26. The summed E-state index contributed by atoms with van der Waals surface area (Å²) in [7, 11) is -2.88. The minimum Gasteiger partial charge on any atom is -0.464 e. The van der Waals surface area contributed by atoms with Crippen molar-refractivity contribution in [2.24, 2.45) is 0 Å². The summed E-state index contributed by atoms with van der Waals surface area (Å²) in [6.45, 7) is 5.46. The molecule has 0 unspecified atom stereocenters. The van der Waals surface area contributed by atoms with Crippen LogP contribution in [-0.4, -0.2) is 43.8 Å². The van der Waals surface area contributed by atoms with E-state index in [4.69, 9.17) is 4.42 Å². The van der Waals surface area contributed by atoms with Gasteiger partial charge in [-0.1, -0.05) is 12.1 Å². The Hall–Kier alpha value is -2.12. The van der Waals surface area contributed by atoms with Crippen LogP contribution in [0.2, 0.25) is 0 Å². The van der Waals surface area contributed by atoms with Crippen LogP contribution in [0.3, 0.4) is 0 Å². The summed E-state index contributed by atoms with van der Waals surface area (Å²) in [5.41, 5.74) is 1.58. The lowest BCUT2D eigenvalue weighted by atomic mass is 10.1. The molecule has 1 aromatic heterocycles. The highest BCUT2D eigenvalue weighted by Gasteiger charge is 2.21. The first-order chi connectivity index (χ1) is 12.3. The summed E-state index contributed by atoms with van der Waals surface area (Å²) < 4.78 is 28.6. The molecule has 0 bridgehead atoms. The van der Waals surface area contributed by atoms with E-state index >= 15 is 0 Å². The van der Waals surface area contributed by atoms with Crippen molar-refractivity contribution in [3.63, 3.8) is 0 Å². The van der Waals surface area contributed by atoms with Crippen molar-refractivity contribution in [3.05, 3.63) is 59.0 Å². The Morgan fingerprint density at radius 3 is 2.62 bits per heavy atom. The van der Waals surface area contributed by atoms with E-state index in [0.717, 1.165) is 17.1 Å². The van der Waals surface area contributed by atoms with E-state index in [1.807, 2.05) is 44.2 Å². The van der Waals surface area contributed by atoms with Gasteiger partial charge in [-0.2, -0.15) is 0 Å². The topological polar surface area (TPSA) is 79.6 Å². The minimum absolute atomic E-state index is 0.158. The molecule has 1 saturated heterocycles. The third kappa shape index (κ3) is 4.74. The van der Waals surface area contributed by atoms with Gasteiger partial charge < -0.3 is 9.73 Å². The molecule has 2 aromatic rings. The lowest BCUT2D eigenvalue weighted by molar-refractivity contribution is 0.0935. The summed E-state index contributed by atoms with van der Waals surface area (Å²) in [5, 5.41) is 2.94. The van der Waals surface area contributed by atoms with Crippen LogP contribution in [0.4, 0.5) is 0 Å². The van der Waals surface area contributed by atoms with Gasteiger partial charge in [0.1, 0.15) is 11.5 Å². The molecule has 0 radical (unpaired) electrons. The quantitative estimate of drug-likeness (QED) is 0.866. The van der Waals surface area contributed by atoms with Crippen LogP contribution in [-0.2, 0) is 16.4 Å². The van der Waals surface area contributed by atoms with E-state index in [2.05, 4.69) is 10.2 Å². The van der Waals surface area contributed by atoms with Crippen molar-refractivity contribution >= 4 is 15.7 Å². The average molecular weight is 376 g/mol. The van der Waals surface area contributed by atoms with Gasteiger partial charge in [0.05, 0.1) is 17.5 Å². The van der Waals surface area contributed by atoms with Crippen LogP contribution in [0.15, 0.2) is 40.8 Å². The van der Waals surface area contributed by atoms with Crippen molar-refractivity contribution < 1.29 is 17.6 Å². The predicted molar refractivity (Wildman–Crippen MR) is 99.7 cm³/mol. The monoisotopic (exact) mass is 376 g/mol. The van der Waals surface area contributed by atoms with Gasteiger partial charge >= 0.3 is 0 Å². The molecular weight excluding hydrogens is 352 g/mol. The van der Waals surface area contributed by atoms with Crippen molar-refractivity contribution in [1.82, 2.24) is 10.2 Å². The van der Waals surface area contributed by atoms with E-state index in [-0.39, 0.29) is 23.5 Å². The number of amides is 1. The molecule has 140 valence electrons. The van der Waals surface area contributed by atoms with Gasteiger partial charge in [0.2, 0.25) is 0 Å². The minimum atomic E-state index is -2.88. The Balaban J connectivity index is 1.62. The largest absolute Gasteiger partial charge is 0.464 e. The molecule has 1 aliphatic rings. The van der Waals surface area contributed by atoms with Crippen LogP contribution in [0.25, 0.3) is 0 Å². The average Bonchev–Trinajstić information content (AvgIpc) is 3.04. The molecule has 26 heavy (non-hydrogen) atoms. The molecular formula is C19H24N2O4S. The number of aryl methyl sites for hydroxylation is 1. The molecule has 1 atom stereocenters. The normalized spacial score (nSPS) is 18.4. The molecule has 0 spiro atoms. The van der Waals surface area contributed by atoms with Crippen LogP contribution in [0.5, 0.6) is 0 Å². The smallest absolute Gasteiger partial charge is 0.251 e. The standard InChI is InChI=1S/C19H24N2O4S/c1-14-6-7-18(25-14)15(2)20-19(22)17-5-3-4-16(12-17)13-21-8-10-26(23,24)11-9-21/h3-7,12,15H,8-11,13H2,1-2H3,(H,20,22)/t15-/m1/s1. The molecule has 1 aliphatic heterocycles. The number of hydrogen-bond acceptors (Lipinski definition) is 5. The van der Waals surface area contributed by atoms with Gasteiger partial charge in [0.25, 0.3) is 5.91 Å². The van der Waals surface area contributed by atoms with Gasteiger partial charge in [-0.25, -0.2) is 8.42 Å². The maximum absolute atomic E-state index is 12.5. The second kappa shape index (κ2) is 7.63. The van der Waals surface area contributed by atoms with Crippen LogP contribution < -0.4 is 5.32 Å². The zero-order valence-corrected chi connectivity index (χ0v) is 15.9. The van der Waals surface area contributed by atoms with E-state index < -0.39 is 9.84 Å². The second-order valence-electron chi connectivity index (χ2n) is 6.77. The Kier molecular flexibility index (Phi) is 5.48. The predicted octanol–water partition coefficient (Wildman–Crippen LogP) is 2.31. The molecule has 1 amide bonds. The fourth-order valence-electron chi connectivity index (χ4n) is 3.01. The van der Waals surface area contributed by atoms with Gasteiger partial charge in [-0.05, 0) is 43.7 Å². The molecule has 0 saturated carbocycles. The van der Waals surface area contributed by atoms with Crippen molar-refractivity contribution in [2.45, 2.75) is 26.4 Å². The third-order valence-electron chi connectivity index (χ3n) is 4.57. The lowest BCUT2D eigenvalue weighted by Crippen LogP contribution is -2.39. The highest BCUT2D eigenvalue weighted by Crippen LogP contribution is 2.17. The number of carbonyl (C=O) groups excluding carboxylic acids is 1. The Labute approximate surface area is 154 Å². The Bertz CT molecular complexity index is 874. The first kappa shape index (κ1) is 18.7. The van der Waals surface area contributed by atoms with Crippen molar-refractivity contribution in [3.8, 4) is 0 Å². The zero-order valence-electron chi connectivity index (χ0n) is 15.1. The first-order valence-corrected chi connectivity index (χ1v) is 10.5. The molecule has 3 rings (SSSR count). The van der Waals surface area contributed by atoms with Gasteiger partial charge in [-0.3, -0.25) is 9.69 Å². The van der Waals surface area contributed by atoms with Gasteiger partial charge in [0.15, 0.2) is 9.84 Å². The third-order valence-corrected chi connectivity index (χ3v) is 6.18. The highest BCUT2D eigenvalue weighted by atomic mass is 32.2. The maximum atomic E-state index is 12.5. The summed E-state index contributed by atoms with van der Waals surface area (Å²) in [6.07, 6.45) is 0. The molecule has 7 heteroatoms. The van der Waals surface area contributed by atoms with Crippen LogP contribution >= 0.6 is 0 Å². The number of hydrogen-bond donors (Lipinski definition) is 1. The summed E-state index contributed by atoms with van der Waals surface area (Å²) >= 11 is 0. The van der Waals surface area contributed by atoms with E-state index in [0.29, 0.717) is 25.2 Å². The summed E-state index contributed by atoms with van der Waals surface area (Å²) in [5.74, 6) is 1.78. The molecule has 1 fully saturated rings. The maximum Gasteiger partial charge on any atom is 0.251 e. The fourth-order valence-corrected chi connectivity index (χ4v) is 4.29.